The van der Waals surface area contributed by atoms with Crippen molar-refractivity contribution < 1.29 is 23.8 Å². The maximum Gasteiger partial charge on any atom is 0.301 e. The number of aromatic nitrogens is 1. The summed E-state index contributed by atoms with van der Waals surface area (Å²) in [4.78, 5) is 32.3. The second-order valence-corrected chi connectivity index (χ2v) is 8.65. The van der Waals surface area contributed by atoms with Crippen LogP contribution >= 0.6 is 11.3 Å². The molecule has 1 atom stereocenters. The second kappa shape index (κ2) is 8.72. The number of Topliss-reactive ketones (excluding diaryl/α,β-unsaturated/α-hetero) is 1. The van der Waals surface area contributed by atoms with E-state index in [0.717, 1.165) is 4.70 Å². The quantitative estimate of drug-likeness (QED) is 0.236. The SMILES string of the molecule is CCOc1ccc2nc(N3C(=O)C(=O)C(=C(O)c4ccccc4)C3c3ccc(F)cc3)sc2c1. The van der Waals surface area contributed by atoms with Crippen LogP contribution in [-0.2, 0) is 9.59 Å². The number of ether oxygens (including phenoxy) is 1. The van der Waals surface area contributed by atoms with E-state index in [1.807, 2.05) is 13.0 Å². The van der Waals surface area contributed by atoms with Crippen LogP contribution in [0.2, 0.25) is 0 Å². The molecule has 8 heteroatoms. The minimum absolute atomic E-state index is 0.0722. The Balaban J connectivity index is 1.69. The van der Waals surface area contributed by atoms with E-state index < -0.39 is 23.5 Å². The molecule has 170 valence electrons. The molecule has 0 aliphatic carbocycles. The Morgan fingerprint density at radius 1 is 1.09 bits per heavy atom. The van der Waals surface area contributed by atoms with Crippen molar-refractivity contribution in [2.45, 2.75) is 13.0 Å². The molecule has 2 heterocycles. The Hall–Kier alpha value is -4.04. The number of carbonyl (C=O) groups excluding carboxylic acids is 2. The summed E-state index contributed by atoms with van der Waals surface area (Å²) < 4.78 is 20.0. The van der Waals surface area contributed by atoms with Gasteiger partial charge in [0.15, 0.2) is 5.13 Å². The summed E-state index contributed by atoms with van der Waals surface area (Å²) in [6.07, 6.45) is 0. The molecule has 0 saturated carbocycles. The van der Waals surface area contributed by atoms with Gasteiger partial charge < -0.3 is 9.84 Å². The van der Waals surface area contributed by atoms with Crippen molar-refractivity contribution in [3.8, 4) is 5.75 Å². The fourth-order valence-electron chi connectivity index (χ4n) is 3.99. The fourth-order valence-corrected chi connectivity index (χ4v) is 5.01. The van der Waals surface area contributed by atoms with Gasteiger partial charge in [0.1, 0.15) is 17.3 Å². The van der Waals surface area contributed by atoms with Crippen LogP contribution in [-0.4, -0.2) is 28.4 Å². The third-order valence-corrected chi connectivity index (χ3v) is 6.56. The van der Waals surface area contributed by atoms with Crippen LogP contribution in [0.15, 0.2) is 78.4 Å². The van der Waals surface area contributed by atoms with Crippen LogP contribution in [0.3, 0.4) is 0 Å². The van der Waals surface area contributed by atoms with Crippen molar-refractivity contribution in [3.05, 3.63) is 95.3 Å². The van der Waals surface area contributed by atoms with Gasteiger partial charge in [0, 0.05) is 5.56 Å². The maximum atomic E-state index is 13.7. The highest BCUT2D eigenvalue weighted by Gasteiger charge is 2.48. The third kappa shape index (κ3) is 3.72. The molecule has 5 rings (SSSR count). The van der Waals surface area contributed by atoms with Crippen LogP contribution < -0.4 is 9.64 Å². The molecule has 0 radical (unpaired) electrons. The van der Waals surface area contributed by atoms with Gasteiger partial charge in [-0.15, -0.1) is 0 Å². The number of aliphatic hydroxyl groups excluding tert-OH is 1. The number of hydrogen-bond acceptors (Lipinski definition) is 6. The monoisotopic (exact) mass is 474 g/mol. The van der Waals surface area contributed by atoms with Gasteiger partial charge >= 0.3 is 5.91 Å². The number of aliphatic hydroxyl groups is 1. The van der Waals surface area contributed by atoms with Crippen molar-refractivity contribution in [2.24, 2.45) is 0 Å². The lowest BCUT2D eigenvalue weighted by molar-refractivity contribution is -0.132. The molecule has 34 heavy (non-hydrogen) atoms. The third-order valence-electron chi connectivity index (χ3n) is 5.54. The zero-order valence-electron chi connectivity index (χ0n) is 18.1. The predicted molar refractivity (Wildman–Crippen MR) is 128 cm³/mol. The van der Waals surface area contributed by atoms with Gasteiger partial charge in [-0.2, -0.15) is 0 Å². The van der Waals surface area contributed by atoms with E-state index in [-0.39, 0.29) is 11.3 Å². The minimum atomic E-state index is -0.965. The summed E-state index contributed by atoms with van der Waals surface area (Å²) in [5.74, 6) is -1.71. The predicted octanol–water partition coefficient (Wildman–Crippen LogP) is 5.46. The highest BCUT2D eigenvalue weighted by Crippen LogP contribution is 2.44. The van der Waals surface area contributed by atoms with Crippen molar-refractivity contribution in [2.75, 3.05) is 11.5 Å². The van der Waals surface area contributed by atoms with Gasteiger partial charge in [0.05, 0.1) is 28.4 Å². The van der Waals surface area contributed by atoms with E-state index in [1.165, 1.54) is 40.5 Å². The van der Waals surface area contributed by atoms with Crippen LogP contribution in [0.25, 0.3) is 16.0 Å². The number of nitrogens with zero attached hydrogens (tertiary/aromatic N) is 2. The summed E-state index contributed by atoms with van der Waals surface area (Å²) in [5.41, 5.74) is 1.45. The summed E-state index contributed by atoms with van der Waals surface area (Å²) in [6, 6.07) is 18.5. The Kier molecular flexibility index (Phi) is 5.59. The zero-order chi connectivity index (χ0) is 23.8. The Morgan fingerprint density at radius 2 is 1.82 bits per heavy atom. The second-order valence-electron chi connectivity index (χ2n) is 7.65. The molecule has 1 saturated heterocycles. The number of rotatable bonds is 5. The lowest BCUT2D eigenvalue weighted by Gasteiger charge is -2.22. The number of carbonyl (C=O) groups is 2. The molecule has 1 fully saturated rings. The largest absolute Gasteiger partial charge is 0.507 e. The van der Waals surface area contributed by atoms with Crippen LogP contribution in [0.1, 0.15) is 24.1 Å². The number of halogens is 1. The topological polar surface area (TPSA) is 79.7 Å². The number of hydrogen-bond donors (Lipinski definition) is 1. The number of ketones is 1. The number of thiazole rings is 1. The summed E-state index contributed by atoms with van der Waals surface area (Å²) in [7, 11) is 0. The van der Waals surface area contributed by atoms with E-state index in [0.29, 0.717) is 34.1 Å². The number of benzene rings is 3. The fraction of sp³-hybridized carbons (Fsp3) is 0.115. The molecule has 1 aliphatic rings. The number of fused-ring (bicyclic) bond motifs is 1. The lowest BCUT2D eigenvalue weighted by atomic mass is 9.95. The maximum absolute atomic E-state index is 13.7. The van der Waals surface area contributed by atoms with Crippen LogP contribution in [0.5, 0.6) is 5.75 Å². The molecule has 1 amide bonds. The van der Waals surface area contributed by atoms with Crippen LogP contribution in [0, 0.1) is 5.82 Å². The average Bonchev–Trinajstić information content (AvgIpc) is 3.38. The molecule has 1 N–H and O–H groups in total. The average molecular weight is 475 g/mol. The Morgan fingerprint density at radius 3 is 2.53 bits per heavy atom. The van der Waals surface area contributed by atoms with E-state index in [2.05, 4.69) is 4.98 Å². The molecule has 0 bridgehead atoms. The first-order chi connectivity index (χ1) is 16.5. The van der Waals surface area contributed by atoms with Gasteiger partial charge in [-0.25, -0.2) is 9.37 Å². The van der Waals surface area contributed by atoms with Crippen molar-refractivity contribution >= 4 is 44.1 Å². The first kappa shape index (κ1) is 21.8. The number of anilines is 1. The standard InChI is InChI=1S/C26H19FN2O4S/c1-2-33-18-12-13-19-20(14-18)34-26(28-19)29-22(15-8-10-17(27)11-9-15)21(24(31)25(29)32)23(30)16-6-4-3-5-7-16/h3-14,22,30H,2H2,1H3. The Labute approximate surface area is 198 Å². The highest BCUT2D eigenvalue weighted by atomic mass is 32.1. The molecule has 0 spiro atoms. The van der Waals surface area contributed by atoms with E-state index in [4.69, 9.17) is 4.74 Å². The molecule has 1 aromatic heterocycles. The smallest absolute Gasteiger partial charge is 0.301 e. The first-order valence-electron chi connectivity index (χ1n) is 10.6. The van der Waals surface area contributed by atoms with Gasteiger partial charge in [-0.05, 0) is 42.8 Å². The van der Waals surface area contributed by atoms with Gasteiger partial charge in [0.2, 0.25) is 0 Å². The van der Waals surface area contributed by atoms with Gasteiger partial charge in [-0.3, -0.25) is 14.5 Å². The molecule has 6 nitrogen and oxygen atoms in total. The zero-order valence-corrected chi connectivity index (χ0v) is 18.9. The number of amides is 1. The molecular formula is C26H19FN2O4S. The van der Waals surface area contributed by atoms with Crippen molar-refractivity contribution in [1.29, 1.82) is 0 Å². The first-order valence-corrected chi connectivity index (χ1v) is 11.4. The highest BCUT2D eigenvalue weighted by molar-refractivity contribution is 7.22. The van der Waals surface area contributed by atoms with Crippen LogP contribution in [0.4, 0.5) is 9.52 Å². The van der Waals surface area contributed by atoms with E-state index >= 15 is 0 Å². The molecule has 4 aromatic rings. The van der Waals surface area contributed by atoms with E-state index in [1.54, 1.807) is 42.5 Å². The minimum Gasteiger partial charge on any atom is -0.507 e. The molecular weight excluding hydrogens is 455 g/mol. The molecule has 3 aromatic carbocycles. The molecule has 1 aliphatic heterocycles. The Bertz CT molecular complexity index is 1430. The summed E-state index contributed by atoms with van der Waals surface area (Å²) in [5, 5.41) is 11.4. The van der Waals surface area contributed by atoms with Gasteiger partial charge in [-0.1, -0.05) is 53.8 Å². The van der Waals surface area contributed by atoms with Crippen molar-refractivity contribution in [3.63, 3.8) is 0 Å². The summed E-state index contributed by atoms with van der Waals surface area (Å²) in [6.45, 7) is 2.40. The van der Waals surface area contributed by atoms with Crippen molar-refractivity contribution in [1.82, 2.24) is 4.98 Å². The lowest BCUT2D eigenvalue weighted by Crippen LogP contribution is -2.29. The summed E-state index contributed by atoms with van der Waals surface area (Å²) >= 11 is 1.23. The normalized spacial score (nSPS) is 17.5. The molecule has 1 unspecified atom stereocenters. The van der Waals surface area contributed by atoms with Gasteiger partial charge in [0.25, 0.3) is 5.78 Å². The van der Waals surface area contributed by atoms with E-state index in [9.17, 15) is 19.1 Å².